The maximum atomic E-state index is 7.20. The van der Waals surface area contributed by atoms with Crippen LogP contribution in [0.2, 0.25) is 0 Å². The number of hydrogen-bond acceptors (Lipinski definition) is 3. The van der Waals surface area contributed by atoms with E-state index in [2.05, 4.69) is 4.98 Å². The molecule has 3 N–H and O–H groups in total. The summed E-state index contributed by atoms with van der Waals surface area (Å²) in [4.78, 5) is 5.96. The van der Waals surface area contributed by atoms with Gasteiger partial charge in [0.15, 0.2) is 0 Å². The van der Waals surface area contributed by atoms with E-state index in [0.717, 1.165) is 5.82 Å². The summed E-state index contributed by atoms with van der Waals surface area (Å²) in [7, 11) is 3.79. The Morgan fingerprint density at radius 2 is 2.15 bits per heavy atom. The zero-order valence-electron chi connectivity index (χ0n) is 7.61. The van der Waals surface area contributed by atoms with Crippen LogP contribution in [0.1, 0.15) is 5.56 Å². The van der Waals surface area contributed by atoms with Crippen LogP contribution in [0.25, 0.3) is 0 Å². The van der Waals surface area contributed by atoms with Crippen molar-refractivity contribution in [3.05, 3.63) is 23.9 Å². The second kappa shape index (κ2) is 4.67. The highest BCUT2D eigenvalue weighted by atomic mass is 35.5. The molecule has 0 aliphatic carbocycles. The van der Waals surface area contributed by atoms with Gasteiger partial charge in [-0.2, -0.15) is 0 Å². The minimum atomic E-state index is 0. The quantitative estimate of drug-likeness (QED) is 0.550. The predicted molar refractivity (Wildman–Crippen MR) is 56.8 cm³/mol. The molecule has 0 radical (unpaired) electrons. The Labute approximate surface area is 83.7 Å². The molecular weight excluding hydrogens is 188 g/mol. The lowest BCUT2D eigenvalue weighted by atomic mass is 10.2. The Morgan fingerprint density at radius 3 is 2.62 bits per heavy atom. The molecule has 0 fully saturated rings. The van der Waals surface area contributed by atoms with Crippen LogP contribution in [0.4, 0.5) is 5.82 Å². The summed E-state index contributed by atoms with van der Waals surface area (Å²) >= 11 is 0. The van der Waals surface area contributed by atoms with Gasteiger partial charge in [-0.15, -0.1) is 12.4 Å². The molecule has 13 heavy (non-hydrogen) atoms. The first-order valence-corrected chi connectivity index (χ1v) is 3.59. The zero-order valence-corrected chi connectivity index (χ0v) is 8.43. The van der Waals surface area contributed by atoms with Crippen LogP contribution in [0.5, 0.6) is 0 Å². The summed E-state index contributed by atoms with van der Waals surface area (Å²) in [5.41, 5.74) is 6.02. The van der Waals surface area contributed by atoms with Crippen LogP contribution in [0, 0.1) is 5.41 Å². The van der Waals surface area contributed by atoms with Gasteiger partial charge < -0.3 is 10.6 Å². The molecule has 0 aromatic carbocycles. The van der Waals surface area contributed by atoms with Gasteiger partial charge in [0, 0.05) is 25.9 Å². The topological polar surface area (TPSA) is 66.0 Å². The second-order valence-electron chi connectivity index (χ2n) is 2.71. The summed E-state index contributed by atoms with van der Waals surface area (Å²) < 4.78 is 0. The fourth-order valence-electron chi connectivity index (χ4n) is 0.831. The molecule has 0 saturated carbocycles. The summed E-state index contributed by atoms with van der Waals surface area (Å²) in [6.07, 6.45) is 1.64. The van der Waals surface area contributed by atoms with Gasteiger partial charge in [0.05, 0.1) is 0 Å². The molecule has 0 atom stereocenters. The van der Waals surface area contributed by atoms with E-state index >= 15 is 0 Å². The van der Waals surface area contributed by atoms with Crippen molar-refractivity contribution in [3.8, 4) is 0 Å². The van der Waals surface area contributed by atoms with Crippen molar-refractivity contribution in [2.24, 2.45) is 5.73 Å². The molecular formula is C8H13ClN4. The fourth-order valence-corrected chi connectivity index (χ4v) is 0.831. The monoisotopic (exact) mass is 200 g/mol. The number of pyridine rings is 1. The lowest BCUT2D eigenvalue weighted by Crippen LogP contribution is -2.14. The van der Waals surface area contributed by atoms with E-state index in [-0.39, 0.29) is 18.2 Å². The normalized spacial score (nSPS) is 8.77. The van der Waals surface area contributed by atoms with Crippen molar-refractivity contribution in [2.75, 3.05) is 19.0 Å². The Morgan fingerprint density at radius 1 is 1.54 bits per heavy atom. The SMILES string of the molecule is CN(C)c1cc(C(=N)N)ccn1.Cl. The van der Waals surface area contributed by atoms with Crippen molar-refractivity contribution < 1.29 is 0 Å². The number of nitrogen functional groups attached to an aromatic ring is 1. The van der Waals surface area contributed by atoms with Gasteiger partial charge in [-0.05, 0) is 12.1 Å². The summed E-state index contributed by atoms with van der Waals surface area (Å²) in [5, 5.41) is 7.20. The van der Waals surface area contributed by atoms with Gasteiger partial charge >= 0.3 is 0 Å². The van der Waals surface area contributed by atoms with Crippen molar-refractivity contribution in [1.29, 1.82) is 5.41 Å². The number of nitrogens with zero attached hydrogens (tertiary/aromatic N) is 2. The molecule has 72 valence electrons. The van der Waals surface area contributed by atoms with Crippen LogP contribution in [0.15, 0.2) is 18.3 Å². The van der Waals surface area contributed by atoms with Crippen LogP contribution in [-0.2, 0) is 0 Å². The van der Waals surface area contributed by atoms with Crippen LogP contribution in [0.3, 0.4) is 0 Å². The first-order chi connectivity index (χ1) is 5.61. The van der Waals surface area contributed by atoms with E-state index in [1.165, 1.54) is 0 Å². The van der Waals surface area contributed by atoms with E-state index in [1.54, 1.807) is 18.3 Å². The minimum absolute atomic E-state index is 0. The highest BCUT2D eigenvalue weighted by Crippen LogP contribution is 2.08. The van der Waals surface area contributed by atoms with Crippen molar-refractivity contribution in [1.82, 2.24) is 4.98 Å². The Kier molecular flexibility index (Phi) is 4.20. The van der Waals surface area contributed by atoms with Gasteiger partial charge in [-0.3, -0.25) is 5.41 Å². The molecule has 0 unspecified atom stereocenters. The Bertz CT molecular complexity index is 298. The second-order valence-corrected chi connectivity index (χ2v) is 2.71. The number of aromatic nitrogens is 1. The number of amidine groups is 1. The van der Waals surface area contributed by atoms with E-state index < -0.39 is 0 Å². The number of rotatable bonds is 2. The lowest BCUT2D eigenvalue weighted by Gasteiger charge is -2.11. The maximum absolute atomic E-state index is 7.20. The highest BCUT2D eigenvalue weighted by molar-refractivity contribution is 5.95. The van der Waals surface area contributed by atoms with Gasteiger partial charge in [0.25, 0.3) is 0 Å². The third-order valence-electron chi connectivity index (χ3n) is 1.51. The van der Waals surface area contributed by atoms with Gasteiger partial charge in [0.1, 0.15) is 11.7 Å². The van der Waals surface area contributed by atoms with E-state index in [9.17, 15) is 0 Å². The largest absolute Gasteiger partial charge is 0.384 e. The van der Waals surface area contributed by atoms with E-state index in [0.29, 0.717) is 5.56 Å². The molecule has 1 rings (SSSR count). The molecule has 0 bridgehead atoms. The molecule has 0 aliphatic rings. The minimum Gasteiger partial charge on any atom is -0.384 e. The summed E-state index contributed by atoms with van der Waals surface area (Å²) in [6, 6.07) is 3.50. The molecule has 1 heterocycles. The lowest BCUT2D eigenvalue weighted by molar-refractivity contribution is 1.07. The third-order valence-corrected chi connectivity index (χ3v) is 1.51. The smallest absolute Gasteiger partial charge is 0.128 e. The van der Waals surface area contributed by atoms with Crippen molar-refractivity contribution in [3.63, 3.8) is 0 Å². The standard InChI is InChI=1S/C8H12N4.ClH/c1-12(2)7-5-6(8(9)10)3-4-11-7;/h3-5H,1-2H3,(H3,9,10);1H. The third kappa shape index (κ3) is 2.91. The van der Waals surface area contributed by atoms with Crippen LogP contribution in [-0.4, -0.2) is 24.9 Å². The first-order valence-electron chi connectivity index (χ1n) is 3.59. The van der Waals surface area contributed by atoms with Gasteiger partial charge in [-0.25, -0.2) is 4.98 Å². The average Bonchev–Trinajstić information content (AvgIpc) is 2.04. The Balaban J connectivity index is 0.00000144. The number of halogens is 1. The zero-order chi connectivity index (χ0) is 9.14. The number of anilines is 1. The molecule has 0 aliphatic heterocycles. The molecule has 1 aromatic rings. The maximum Gasteiger partial charge on any atom is 0.128 e. The van der Waals surface area contributed by atoms with E-state index in [4.69, 9.17) is 11.1 Å². The summed E-state index contributed by atoms with van der Waals surface area (Å²) in [5.74, 6) is 0.878. The van der Waals surface area contributed by atoms with Crippen LogP contribution >= 0.6 is 12.4 Å². The van der Waals surface area contributed by atoms with Gasteiger partial charge in [-0.1, -0.05) is 0 Å². The Hall–Kier alpha value is -1.29. The number of nitrogens with two attached hydrogens (primary N) is 1. The molecule has 0 saturated heterocycles. The first kappa shape index (κ1) is 11.7. The highest BCUT2D eigenvalue weighted by Gasteiger charge is 1.99. The predicted octanol–water partition coefficient (Wildman–Crippen LogP) is 0.853. The molecule has 0 spiro atoms. The number of nitrogens with one attached hydrogen (secondary N) is 1. The fraction of sp³-hybridized carbons (Fsp3) is 0.250. The number of hydrogen-bond donors (Lipinski definition) is 2. The van der Waals surface area contributed by atoms with Crippen molar-refractivity contribution >= 4 is 24.1 Å². The average molecular weight is 201 g/mol. The molecule has 5 heteroatoms. The molecule has 0 amide bonds. The molecule has 1 aromatic heterocycles. The molecule has 4 nitrogen and oxygen atoms in total. The van der Waals surface area contributed by atoms with Gasteiger partial charge in [0.2, 0.25) is 0 Å². The van der Waals surface area contributed by atoms with Crippen LogP contribution < -0.4 is 10.6 Å². The van der Waals surface area contributed by atoms with E-state index in [1.807, 2.05) is 19.0 Å². The van der Waals surface area contributed by atoms with Crippen molar-refractivity contribution in [2.45, 2.75) is 0 Å². The summed E-state index contributed by atoms with van der Waals surface area (Å²) in [6.45, 7) is 0.